The topological polar surface area (TPSA) is 47.0 Å². The second-order valence-electron chi connectivity index (χ2n) is 5.29. The molecule has 0 amide bonds. The summed E-state index contributed by atoms with van der Waals surface area (Å²) in [5, 5.41) is 3.30. The third-order valence-electron chi connectivity index (χ3n) is 2.96. The molecule has 100 valence electrons. The van der Waals surface area contributed by atoms with E-state index in [-0.39, 0.29) is 0 Å². The van der Waals surface area contributed by atoms with Crippen molar-refractivity contribution >= 4 is 5.82 Å². The molecule has 0 bridgehead atoms. The summed E-state index contributed by atoms with van der Waals surface area (Å²) in [7, 11) is 0. The molecule has 18 heavy (non-hydrogen) atoms. The van der Waals surface area contributed by atoms with E-state index in [1.165, 1.54) is 12.8 Å². The fourth-order valence-electron chi connectivity index (χ4n) is 1.61. The lowest BCUT2D eigenvalue weighted by Gasteiger charge is -2.11. The predicted octanol–water partition coefficient (Wildman–Crippen LogP) is 3.21. The van der Waals surface area contributed by atoms with Gasteiger partial charge >= 0.3 is 0 Å². The monoisotopic (exact) mass is 249 g/mol. The molecule has 1 aliphatic carbocycles. The summed E-state index contributed by atoms with van der Waals surface area (Å²) < 4.78 is 5.75. The highest BCUT2D eigenvalue weighted by Gasteiger charge is 2.22. The van der Waals surface area contributed by atoms with Crippen LogP contribution in [0.1, 0.15) is 51.8 Å². The van der Waals surface area contributed by atoms with Gasteiger partial charge in [0.15, 0.2) is 0 Å². The second kappa shape index (κ2) is 6.03. The standard InChI is InChI=1S/C14H23N3O/c1-4-7-15-12-8-13(18-9-11-5-6-11)17-14(16-12)10(2)3/h8,10-11H,4-7,9H2,1-3H3,(H,15,16,17). The minimum absolute atomic E-state index is 0.316. The summed E-state index contributed by atoms with van der Waals surface area (Å²) in [4.78, 5) is 8.98. The second-order valence-corrected chi connectivity index (χ2v) is 5.29. The van der Waals surface area contributed by atoms with Crippen LogP contribution >= 0.6 is 0 Å². The third-order valence-corrected chi connectivity index (χ3v) is 2.96. The Bertz CT molecular complexity index is 389. The van der Waals surface area contributed by atoms with Crippen LogP contribution in [0.25, 0.3) is 0 Å². The average molecular weight is 249 g/mol. The smallest absolute Gasteiger partial charge is 0.218 e. The Balaban J connectivity index is 2.07. The van der Waals surface area contributed by atoms with Crippen molar-refractivity contribution in [3.63, 3.8) is 0 Å². The van der Waals surface area contributed by atoms with Crippen LogP contribution in [0.15, 0.2) is 6.07 Å². The van der Waals surface area contributed by atoms with E-state index in [0.717, 1.165) is 37.1 Å². The van der Waals surface area contributed by atoms with Crippen LogP contribution in [-0.2, 0) is 0 Å². The molecular weight excluding hydrogens is 226 g/mol. The first-order valence-corrected chi connectivity index (χ1v) is 6.94. The Kier molecular flexibility index (Phi) is 4.39. The zero-order chi connectivity index (χ0) is 13.0. The van der Waals surface area contributed by atoms with Crippen LogP contribution in [0.5, 0.6) is 5.88 Å². The van der Waals surface area contributed by atoms with Gasteiger partial charge in [0.1, 0.15) is 11.6 Å². The first-order valence-electron chi connectivity index (χ1n) is 6.94. The number of anilines is 1. The lowest BCUT2D eigenvalue weighted by molar-refractivity contribution is 0.286. The predicted molar refractivity (Wildman–Crippen MR) is 73.1 cm³/mol. The molecule has 1 aromatic heterocycles. The maximum Gasteiger partial charge on any atom is 0.218 e. The molecule has 0 saturated heterocycles. The molecule has 4 heteroatoms. The number of aromatic nitrogens is 2. The molecule has 1 N–H and O–H groups in total. The van der Waals surface area contributed by atoms with Gasteiger partial charge in [-0.1, -0.05) is 20.8 Å². The van der Waals surface area contributed by atoms with Crippen LogP contribution < -0.4 is 10.1 Å². The Morgan fingerprint density at radius 3 is 2.78 bits per heavy atom. The molecule has 1 heterocycles. The quantitative estimate of drug-likeness (QED) is 0.806. The van der Waals surface area contributed by atoms with Crippen molar-refractivity contribution in [2.24, 2.45) is 5.92 Å². The van der Waals surface area contributed by atoms with Crippen molar-refractivity contribution < 1.29 is 4.74 Å². The molecule has 0 atom stereocenters. The van der Waals surface area contributed by atoms with E-state index in [2.05, 4.69) is 36.1 Å². The van der Waals surface area contributed by atoms with Gasteiger partial charge in [-0.05, 0) is 25.2 Å². The molecule has 4 nitrogen and oxygen atoms in total. The molecular formula is C14H23N3O. The average Bonchev–Trinajstić information content (AvgIpc) is 3.17. The molecule has 0 aromatic carbocycles. The van der Waals surface area contributed by atoms with E-state index in [1.807, 2.05) is 6.07 Å². The van der Waals surface area contributed by atoms with Crippen molar-refractivity contribution in [1.82, 2.24) is 9.97 Å². The molecule has 0 unspecified atom stereocenters. The van der Waals surface area contributed by atoms with Gasteiger partial charge < -0.3 is 10.1 Å². The van der Waals surface area contributed by atoms with Crippen LogP contribution in [0.3, 0.4) is 0 Å². The zero-order valence-electron chi connectivity index (χ0n) is 11.6. The minimum Gasteiger partial charge on any atom is -0.477 e. The number of hydrogen-bond donors (Lipinski definition) is 1. The zero-order valence-corrected chi connectivity index (χ0v) is 11.6. The molecule has 0 spiro atoms. The van der Waals surface area contributed by atoms with Crippen molar-refractivity contribution in [1.29, 1.82) is 0 Å². The van der Waals surface area contributed by atoms with E-state index in [9.17, 15) is 0 Å². The summed E-state index contributed by atoms with van der Waals surface area (Å²) in [5.74, 6) is 3.49. The summed E-state index contributed by atoms with van der Waals surface area (Å²) >= 11 is 0. The number of hydrogen-bond acceptors (Lipinski definition) is 4. The van der Waals surface area contributed by atoms with Gasteiger partial charge in [0.25, 0.3) is 0 Å². The third kappa shape index (κ3) is 3.86. The van der Waals surface area contributed by atoms with Gasteiger partial charge in [-0.3, -0.25) is 0 Å². The van der Waals surface area contributed by atoms with Gasteiger partial charge in [-0.15, -0.1) is 0 Å². The van der Waals surface area contributed by atoms with E-state index >= 15 is 0 Å². The molecule has 1 aromatic rings. The molecule has 0 aliphatic heterocycles. The molecule has 2 rings (SSSR count). The van der Waals surface area contributed by atoms with Crippen LogP contribution in [0, 0.1) is 5.92 Å². The van der Waals surface area contributed by atoms with Crippen molar-refractivity contribution in [3.05, 3.63) is 11.9 Å². The fourth-order valence-corrected chi connectivity index (χ4v) is 1.61. The maximum absolute atomic E-state index is 5.75. The Morgan fingerprint density at radius 2 is 2.17 bits per heavy atom. The lowest BCUT2D eigenvalue weighted by atomic mass is 10.2. The van der Waals surface area contributed by atoms with Crippen LogP contribution in [0.2, 0.25) is 0 Å². The lowest BCUT2D eigenvalue weighted by Crippen LogP contribution is -2.09. The highest BCUT2D eigenvalue weighted by Crippen LogP contribution is 2.29. The fraction of sp³-hybridized carbons (Fsp3) is 0.714. The van der Waals surface area contributed by atoms with Gasteiger partial charge in [0, 0.05) is 18.5 Å². The highest BCUT2D eigenvalue weighted by molar-refractivity contribution is 5.38. The van der Waals surface area contributed by atoms with Crippen molar-refractivity contribution in [2.45, 2.75) is 46.0 Å². The van der Waals surface area contributed by atoms with E-state index in [4.69, 9.17) is 4.74 Å². The van der Waals surface area contributed by atoms with Gasteiger partial charge in [0.05, 0.1) is 6.61 Å². The maximum atomic E-state index is 5.75. The molecule has 0 radical (unpaired) electrons. The van der Waals surface area contributed by atoms with E-state index in [1.54, 1.807) is 0 Å². The molecule has 1 aliphatic rings. The van der Waals surface area contributed by atoms with Crippen molar-refractivity contribution in [2.75, 3.05) is 18.5 Å². The largest absolute Gasteiger partial charge is 0.477 e. The number of nitrogens with zero attached hydrogens (tertiary/aromatic N) is 2. The summed E-state index contributed by atoms with van der Waals surface area (Å²) in [6, 6.07) is 1.91. The Morgan fingerprint density at radius 1 is 1.39 bits per heavy atom. The Labute approximate surface area is 109 Å². The van der Waals surface area contributed by atoms with Crippen LogP contribution in [-0.4, -0.2) is 23.1 Å². The first kappa shape index (κ1) is 13.1. The van der Waals surface area contributed by atoms with E-state index in [0.29, 0.717) is 11.8 Å². The SMILES string of the molecule is CCCNc1cc(OCC2CC2)nc(C(C)C)n1. The highest BCUT2D eigenvalue weighted by atomic mass is 16.5. The van der Waals surface area contributed by atoms with Gasteiger partial charge in [-0.25, -0.2) is 4.98 Å². The van der Waals surface area contributed by atoms with Crippen LogP contribution in [0.4, 0.5) is 5.82 Å². The summed E-state index contributed by atoms with van der Waals surface area (Å²) in [6.45, 7) is 8.06. The van der Waals surface area contributed by atoms with Gasteiger partial charge in [-0.2, -0.15) is 4.98 Å². The van der Waals surface area contributed by atoms with Crippen molar-refractivity contribution in [3.8, 4) is 5.88 Å². The first-order chi connectivity index (χ1) is 8.69. The summed E-state index contributed by atoms with van der Waals surface area (Å²) in [5.41, 5.74) is 0. The Hall–Kier alpha value is -1.32. The normalized spacial score (nSPS) is 14.9. The summed E-state index contributed by atoms with van der Waals surface area (Å²) in [6.07, 6.45) is 3.67. The minimum atomic E-state index is 0.316. The molecule has 1 fully saturated rings. The number of rotatable bonds is 7. The molecule has 1 saturated carbocycles. The van der Waals surface area contributed by atoms with E-state index < -0.39 is 0 Å². The number of nitrogens with one attached hydrogen (secondary N) is 1. The van der Waals surface area contributed by atoms with Gasteiger partial charge in [0.2, 0.25) is 5.88 Å². The number of ether oxygens (including phenoxy) is 1.